The van der Waals surface area contributed by atoms with Crippen molar-refractivity contribution in [2.24, 2.45) is 0 Å². The van der Waals surface area contributed by atoms with E-state index in [1.54, 1.807) is 18.3 Å². The minimum absolute atomic E-state index is 0.0606. The Bertz CT molecular complexity index is 1090. The smallest absolute Gasteiger partial charge is 0.257 e. The van der Waals surface area contributed by atoms with Gasteiger partial charge in [-0.2, -0.15) is 0 Å². The van der Waals surface area contributed by atoms with Crippen molar-refractivity contribution in [2.75, 3.05) is 5.75 Å². The normalized spacial score (nSPS) is 11.5. The molecule has 0 atom stereocenters. The summed E-state index contributed by atoms with van der Waals surface area (Å²) in [6.45, 7) is 3.74. The molecular formula is C19H19N3O3S2. The van der Waals surface area contributed by atoms with Gasteiger partial charge in [-0.3, -0.25) is 15.2 Å². The second-order valence-corrected chi connectivity index (χ2v) is 8.72. The molecule has 0 aliphatic carbocycles. The zero-order valence-corrected chi connectivity index (χ0v) is 16.5. The summed E-state index contributed by atoms with van der Waals surface area (Å²) < 4.78 is 24.6. The summed E-state index contributed by atoms with van der Waals surface area (Å²) in [5, 5.41) is 0.985. The number of fused-ring (bicyclic) bond motifs is 1. The standard InChI is InChI=1S/C19H19N3O3S2/c1-13-8-9-16(11-14(13)2)27(24,25)22-21-18(23)12-26-17-7-3-5-15-6-4-10-20-19(15)17/h3-11,22H,12H2,1-2H3,(H,21,23). The van der Waals surface area contributed by atoms with Crippen LogP contribution in [0.1, 0.15) is 11.1 Å². The number of hydrazine groups is 1. The van der Waals surface area contributed by atoms with Gasteiger partial charge in [0.25, 0.3) is 10.0 Å². The van der Waals surface area contributed by atoms with Gasteiger partial charge in [-0.05, 0) is 49.2 Å². The third-order valence-electron chi connectivity index (χ3n) is 4.07. The number of aryl methyl sites for hydroxylation is 2. The van der Waals surface area contributed by atoms with Crippen LogP contribution in [0, 0.1) is 13.8 Å². The zero-order chi connectivity index (χ0) is 19.4. The lowest BCUT2D eigenvalue weighted by Gasteiger charge is -2.10. The predicted molar refractivity (Wildman–Crippen MR) is 107 cm³/mol. The van der Waals surface area contributed by atoms with Crippen LogP contribution in [0.2, 0.25) is 0 Å². The van der Waals surface area contributed by atoms with Gasteiger partial charge in [-0.15, -0.1) is 16.6 Å². The molecule has 0 radical (unpaired) electrons. The second kappa shape index (κ2) is 8.08. The largest absolute Gasteiger partial charge is 0.277 e. The first-order chi connectivity index (χ1) is 12.9. The number of amides is 1. The Morgan fingerprint density at radius 3 is 2.63 bits per heavy atom. The number of carbonyl (C=O) groups is 1. The van der Waals surface area contributed by atoms with Crippen LogP contribution in [-0.4, -0.2) is 25.1 Å². The number of pyridine rings is 1. The molecule has 8 heteroatoms. The first kappa shape index (κ1) is 19.3. The Balaban J connectivity index is 1.61. The predicted octanol–water partition coefficient (Wildman–Crippen LogP) is 2.95. The average molecular weight is 402 g/mol. The van der Waals surface area contributed by atoms with Crippen LogP contribution in [-0.2, 0) is 14.8 Å². The van der Waals surface area contributed by atoms with Crippen LogP contribution in [0.25, 0.3) is 10.9 Å². The molecule has 0 spiro atoms. The van der Waals surface area contributed by atoms with E-state index in [1.807, 2.05) is 44.2 Å². The van der Waals surface area contributed by atoms with Gasteiger partial charge in [0.15, 0.2) is 0 Å². The van der Waals surface area contributed by atoms with E-state index in [0.29, 0.717) is 0 Å². The van der Waals surface area contributed by atoms with E-state index in [1.165, 1.54) is 17.8 Å². The van der Waals surface area contributed by atoms with Crippen molar-refractivity contribution < 1.29 is 13.2 Å². The minimum Gasteiger partial charge on any atom is -0.277 e. The minimum atomic E-state index is -3.82. The lowest BCUT2D eigenvalue weighted by atomic mass is 10.1. The molecule has 140 valence electrons. The molecule has 2 N–H and O–H groups in total. The summed E-state index contributed by atoms with van der Waals surface area (Å²) in [5.41, 5.74) is 4.93. The number of para-hydroxylation sites is 1. The number of hydrogen-bond acceptors (Lipinski definition) is 5. The van der Waals surface area contributed by atoms with Gasteiger partial charge >= 0.3 is 0 Å². The van der Waals surface area contributed by atoms with Crippen LogP contribution >= 0.6 is 11.8 Å². The van der Waals surface area contributed by atoms with E-state index in [2.05, 4.69) is 15.2 Å². The van der Waals surface area contributed by atoms with E-state index in [-0.39, 0.29) is 10.6 Å². The molecule has 1 heterocycles. The Morgan fingerprint density at radius 1 is 1.07 bits per heavy atom. The van der Waals surface area contributed by atoms with Gasteiger partial charge in [-0.1, -0.05) is 24.3 Å². The van der Waals surface area contributed by atoms with Gasteiger partial charge in [0.1, 0.15) is 0 Å². The lowest BCUT2D eigenvalue weighted by Crippen LogP contribution is -2.42. The molecule has 0 aliphatic heterocycles. The van der Waals surface area contributed by atoms with Crippen LogP contribution in [0.5, 0.6) is 0 Å². The summed E-state index contributed by atoms with van der Waals surface area (Å²) in [6.07, 6.45) is 1.70. The highest BCUT2D eigenvalue weighted by molar-refractivity contribution is 8.00. The fraction of sp³-hybridized carbons (Fsp3) is 0.158. The number of nitrogens with one attached hydrogen (secondary N) is 2. The summed E-state index contributed by atoms with van der Waals surface area (Å²) in [5.74, 6) is -0.383. The van der Waals surface area contributed by atoms with Crippen molar-refractivity contribution in [1.29, 1.82) is 0 Å². The fourth-order valence-corrected chi connectivity index (χ4v) is 4.22. The molecular weight excluding hydrogens is 382 g/mol. The molecule has 0 bridgehead atoms. The maximum Gasteiger partial charge on any atom is 0.257 e. The van der Waals surface area contributed by atoms with Crippen molar-refractivity contribution in [2.45, 2.75) is 23.6 Å². The number of benzene rings is 2. The number of sulfonamides is 1. The Morgan fingerprint density at radius 2 is 1.85 bits per heavy atom. The summed E-state index contributed by atoms with van der Waals surface area (Å²) in [6, 6.07) is 14.3. The van der Waals surface area contributed by atoms with Crippen molar-refractivity contribution in [1.82, 2.24) is 15.2 Å². The van der Waals surface area contributed by atoms with Gasteiger partial charge in [0.05, 0.1) is 16.2 Å². The van der Waals surface area contributed by atoms with E-state index in [4.69, 9.17) is 0 Å². The molecule has 2 aromatic carbocycles. The van der Waals surface area contributed by atoms with Crippen molar-refractivity contribution in [3.05, 3.63) is 65.9 Å². The number of rotatable bonds is 6. The number of hydrogen-bond donors (Lipinski definition) is 2. The van der Waals surface area contributed by atoms with E-state index < -0.39 is 15.9 Å². The molecule has 0 unspecified atom stereocenters. The van der Waals surface area contributed by atoms with Crippen LogP contribution in [0.3, 0.4) is 0 Å². The molecule has 0 aliphatic rings. The monoisotopic (exact) mass is 401 g/mol. The van der Waals surface area contributed by atoms with Gasteiger partial charge in [0.2, 0.25) is 5.91 Å². The molecule has 3 rings (SSSR count). The van der Waals surface area contributed by atoms with E-state index in [9.17, 15) is 13.2 Å². The van der Waals surface area contributed by atoms with Gasteiger partial charge in [-0.25, -0.2) is 8.42 Å². The van der Waals surface area contributed by atoms with Crippen LogP contribution in [0.15, 0.2) is 64.5 Å². The quantitative estimate of drug-likeness (QED) is 0.490. The number of aromatic nitrogens is 1. The fourth-order valence-electron chi connectivity index (χ4n) is 2.44. The molecule has 0 fully saturated rings. The maximum atomic E-state index is 12.3. The highest BCUT2D eigenvalue weighted by Crippen LogP contribution is 2.25. The first-order valence-electron chi connectivity index (χ1n) is 8.21. The second-order valence-electron chi connectivity index (χ2n) is 6.02. The van der Waals surface area contributed by atoms with Crippen molar-refractivity contribution in [3.8, 4) is 0 Å². The Hall–Kier alpha value is -2.42. The van der Waals surface area contributed by atoms with E-state index >= 15 is 0 Å². The molecule has 1 amide bonds. The van der Waals surface area contributed by atoms with Gasteiger partial charge < -0.3 is 0 Å². The summed E-state index contributed by atoms with van der Waals surface area (Å²) in [4.78, 5) is 19.5. The molecule has 6 nitrogen and oxygen atoms in total. The third kappa shape index (κ3) is 4.65. The Labute approximate surface area is 162 Å². The number of nitrogens with zero attached hydrogens (tertiary/aromatic N) is 1. The first-order valence-corrected chi connectivity index (χ1v) is 10.7. The zero-order valence-electron chi connectivity index (χ0n) is 14.9. The van der Waals surface area contributed by atoms with Gasteiger partial charge in [0, 0.05) is 16.5 Å². The molecule has 1 aromatic heterocycles. The molecule has 27 heavy (non-hydrogen) atoms. The SMILES string of the molecule is Cc1ccc(S(=O)(=O)NNC(=O)CSc2cccc3cccnc23)cc1C. The van der Waals surface area contributed by atoms with E-state index in [0.717, 1.165) is 26.9 Å². The molecule has 0 saturated heterocycles. The maximum absolute atomic E-state index is 12.3. The van der Waals surface area contributed by atoms with Crippen LogP contribution < -0.4 is 10.3 Å². The topological polar surface area (TPSA) is 88.2 Å². The summed E-state index contributed by atoms with van der Waals surface area (Å²) in [7, 11) is -3.82. The highest BCUT2D eigenvalue weighted by atomic mass is 32.2. The molecule has 0 saturated carbocycles. The van der Waals surface area contributed by atoms with Crippen LogP contribution in [0.4, 0.5) is 0 Å². The lowest BCUT2D eigenvalue weighted by molar-refractivity contribution is -0.119. The number of thioether (sulfide) groups is 1. The average Bonchev–Trinajstić information content (AvgIpc) is 2.66. The summed E-state index contributed by atoms with van der Waals surface area (Å²) >= 11 is 1.30. The molecule has 3 aromatic rings. The Kier molecular flexibility index (Phi) is 5.79. The number of carbonyl (C=O) groups excluding carboxylic acids is 1. The van der Waals surface area contributed by atoms with Crippen molar-refractivity contribution in [3.63, 3.8) is 0 Å². The highest BCUT2D eigenvalue weighted by Gasteiger charge is 2.16. The van der Waals surface area contributed by atoms with Crippen molar-refractivity contribution >= 4 is 38.6 Å². The third-order valence-corrected chi connectivity index (χ3v) is 6.36.